The van der Waals surface area contributed by atoms with Gasteiger partial charge in [-0.05, 0) is 37.1 Å². The van der Waals surface area contributed by atoms with Gasteiger partial charge in [0.25, 0.3) is 5.91 Å². The van der Waals surface area contributed by atoms with E-state index in [4.69, 9.17) is 14.0 Å². The summed E-state index contributed by atoms with van der Waals surface area (Å²) in [5.74, 6) is 1.01. The molecular formula is C25H30N4O4. The number of hydrogen-bond acceptors (Lipinski definition) is 7. The first-order valence-electron chi connectivity index (χ1n) is 11.8. The third-order valence-electron chi connectivity index (χ3n) is 6.79. The second kappa shape index (κ2) is 9.89. The molecule has 2 aliphatic rings. The average Bonchev–Trinajstić information content (AvgIpc) is 3.36. The Balaban J connectivity index is 1.18. The number of nitrogens with one attached hydrogen (secondary N) is 1. The highest BCUT2D eigenvalue weighted by Gasteiger charge is 2.39. The van der Waals surface area contributed by atoms with Crippen LogP contribution >= 0.6 is 0 Å². The molecule has 0 atom stereocenters. The Kier molecular flexibility index (Phi) is 6.55. The molecule has 1 saturated carbocycles. The quantitative estimate of drug-likeness (QED) is 0.589. The zero-order valence-electron chi connectivity index (χ0n) is 18.8. The van der Waals surface area contributed by atoms with Crippen molar-refractivity contribution < 1.29 is 18.8 Å². The van der Waals surface area contributed by atoms with Gasteiger partial charge in [0.1, 0.15) is 12.4 Å². The Hall–Kier alpha value is -2.97. The number of pyridine rings is 1. The smallest absolute Gasteiger partial charge is 0.273 e. The molecule has 174 valence electrons. The molecule has 2 fully saturated rings. The molecule has 0 spiro atoms. The van der Waals surface area contributed by atoms with E-state index >= 15 is 0 Å². The zero-order chi connectivity index (χ0) is 22.5. The van der Waals surface area contributed by atoms with Crippen LogP contribution in [0.2, 0.25) is 0 Å². The summed E-state index contributed by atoms with van der Waals surface area (Å²) in [6.07, 6.45) is 7.63. The fourth-order valence-electron chi connectivity index (χ4n) is 4.97. The number of carbonyl (C=O) groups excluding carboxylic acids is 1. The third-order valence-corrected chi connectivity index (χ3v) is 6.79. The van der Waals surface area contributed by atoms with Gasteiger partial charge in [0, 0.05) is 42.8 Å². The number of morpholine rings is 1. The molecule has 3 heterocycles. The van der Waals surface area contributed by atoms with Crippen molar-refractivity contribution in [3.63, 3.8) is 0 Å². The number of rotatable bonds is 7. The largest absolute Gasteiger partial charge is 0.486 e. The Morgan fingerprint density at radius 3 is 2.82 bits per heavy atom. The maximum atomic E-state index is 12.8. The van der Waals surface area contributed by atoms with E-state index in [0.717, 1.165) is 50.0 Å². The highest BCUT2D eigenvalue weighted by molar-refractivity contribution is 5.92. The lowest BCUT2D eigenvalue weighted by Gasteiger charge is -2.48. The summed E-state index contributed by atoms with van der Waals surface area (Å²) in [4.78, 5) is 19.6. The molecular weight excluding hydrogens is 420 g/mol. The van der Waals surface area contributed by atoms with E-state index in [2.05, 4.69) is 20.4 Å². The normalized spacial score (nSPS) is 18.8. The number of hydrogen-bond donors (Lipinski definition) is 1. The van der Waals surface area contributed by atoms with Gasteiger partial charge >= 0.3 is 0 Å². The zero-order valence-corrected chi connectivity index (χ0v) is 18.8. The molecule has 8 heteroatoms. The first kappa shape index (κ1) is 21.9. The van der Waals surface area contributed by atoms with Crippen molar-refractivity contribution in [1.82, 2.24) is 20.4 Å². The molecule has 3 aromatic rings. The Bertz CT molecular complexity index is 1090. The maximum Gasteiger partial charge on any atom is 0.273 e. The minimum Gasteiger partial charge on any atom is -0.486 e. The Labute approximate surface area is 193 Å². The summed E-state index contributed by atoms with van der Waals surface area (Å²) in [6, 6.07) is 11.3. The van der Waals surface area contributed by atoms with Crippen molar-refractivity contribution in [1.29, 1.82) is 0 Å². The highest BCUT2D eigenvalue weighted by Crippen LogP contribution is 2.34. The summed E-state index contributed by atoms with van der Waals surface area (Å²) in [5.41, 5.74) is 1.21. The van der Waals surface area contributed by atoms with Crippen LogP contribution in [-0.2, 0) is 11.3 Å². The van der Waals surface area contributed by atoms with Gasteiger partial charge < -0.3 is 19.3 Å². The molecule has 1 N–H and O–H groups in total. The van der Waals surface area contributed by atoms with Crippen LogP contribution in [0.15, 0.2) is 47.1 Å². The molecule has 1 amide bonds. The summed E-state index contributed by atoms with van der Waals surface area (Å²) < 4.78 is 16.7. The highest BCUT2D eigenvalue weighted by atomic mass is 16.5. The van der Waals surface area contributed by atoms with Crippen LogP contribution in [-0.4, -0.2) is 59.3 Å². The van der Waals surface area contributed by atoms with Gasteiger partial charge in [-0.2, -0.15) is 0 Å². The molecule has 0 radical (unpaired) electrons. The van der Waals surface area contributed by atoms with Crippen LogP contribution in [0.25, 0.3) is 10.9 Å². The minimum absolute atomic E-state index is 0.0122. The van der Waals surface area contributed by atoms with Crippen LogP contribution in [0, 0.1) is 0 Å². The summed E-state index contributed by atoms with van der Waals surface area (Å²) in [5, 5.41) is 8.09. The molecule has 1 aliphatic carbocycles. The maximum absolute atomic E-state index is 12.8. The Morgan fingerprint density at radius 2 is 1.97 bits per heavy atom. The van der Waals surface area contributed by atoms with E-state index in [1.54, 1.807) is 12.3 Å². The van der Waals surface area contributed by atoms with Crippen molar-refractivity contribution in [2.45, 2.75) is 44.2 Å². The second-order valence-corrected chi connectivity index (χ2v) is 8.89. The van der Waals surface area contributed by atoms with Crippen molar-refractivity contribution in [2.24, 2.45) is 0 Å². The van der Waals surface area contributed by atoms with Crippen LogP contribution in [0.5, 0.6) is 5.75 Å². The molecule has 8 nitrogen and oxygen atoms in total. The molecule has 1 aromatic carbocycles. The van der Waals surface area contributed by atoms with Crippen molar-refractivity contribution in [2.75, 3.05) is 32.8 Å². The van der Waals surface area contributed by atoms with E-state index in [0.29, 0.717) is 18.1 Å². The summed E-state index contributed by atoms with van der Waals surface area (Å²) in [6.45, 7) is 4.18. The lowest BCUT2D eigenvalue weighted by molar-refractivity contribution is -0.0361. The van der Waals surface area contributed by atoms with Crippen LogP contribution in [0.4, 0.5) is 0 Å². The second-order valence-electron chi connectivity index (χ2n) is 8.89. The van der Waals surface area contributed by atoms with Crippen molar-refractivity contribution in [3.05, 3.63) is 54.0 Å². The SMILES string of the molecule is O=C(NCC1(N2CCOCC2)CCCCC1)c1cc(COc2ccc3ncccc3c2)on1. The van der Waals surface area contributed by atoms with E-state index < -0.39 is 0 Å². The molecule has 5 rings (SSSR count). The predicted molar refractivity (Wildman–Crippen MR) is 123 cm³/mol. The van der Waals surface area contributed by atoms with Gasteiger partial charge in [-0.1, -0.05) is 30.5 Å². The Morgan fingerprint density at radius 1 is 1.12 bits per heavy atom. The fourth-order valence-corrected chi connectivity index (χ4v) is 4.97. The van der Waals surface area contributed by atoms with E-state index in [1.165, 1.54) is 19.3 Å². The molecule has 1 aliphatic heterocycles. The first-order chi connectivity index (χ1) is 16.2. The lowest BCUT2D eigenvalue weighted by atomic mass is 9.79. The van der Waals surface area contributed by atoms with Crippen LogP contribution < -0.4 is 10.1 Å². The van der Waals surface area contributed by atoms with Crippen molar-refractivity contribution >= 4 is 16.8 Å². The van der Waals surface area contributed by atoms with E-state index in [9.17, 15) is 4.79 Å². The van der Waals surface area contributed by atoms with Gasteiger partial charge in [-0.3, -0.25) is 14.7 Å². The van der Waals surface area contributed by atoms with Gasteiger partial charge in [-0.25, -0.2) is 0 Å². The molecule has 33 heavy (non-hydrogen) atoms. The van der Waals surface area contributed by atoms with Gasteiger partial charge in [-0.15, -0.1) is 0 Å². The number of nitrogens with zero attached hydrogens (tertiary/aromatic N) is 3. The predicted octanol–water partition coefficient (Wildman–Crippen LogP) is 3.57. The molecule has 1 saturated heterocycles. The van der Waals surface area contributed by atoms with Gasteiger partial charge in [0.05, 0.1) is 18.7 Å². The number of carbonyl (C=O) groups is 1. The monoisotopic (exact) mass is 450 g/mol. The van der Waals surface area contributed by atoms with E-state index in [1.807, 2.05) is 30.3 Å². The first-order valence-corrected chi connectivity index (χ1v) is 11.8. The number of fused-ring (bicyclic) bond motifs is 1. The van der Waals surface area contributed by atoms with Gasteiger partial charge in [0.2, 0.25) is 0 Å². The third kappa shape index (κ3) is 5.02. The molecule has 0 unspecified atom stereocenters. The molecule has 0 bridgehead atoms. The van der Waals surface area contributed by atoms with Crippen molar-refractivity contribution in [3.8, 4) is 5.75 Å². The number of aromatic nitrogens is 2. The number of benzene rings is 1. The topological polar surface area (TPSA) is 89.7 Å². The van der Waals surface area contributed by atoms with Gasteiger partial charge in [0.15, 0.2) is 11.5 Å². The average molecular weight is 451 g/mol. The number of amides is 1. The molecule has 2 aromatic heterocycles. The standard InChI is InChI=1S/C25H30N4O4/c30-24(27-18-25(8-2-1-3-9-25)29-11-13-31-14-12-29)23-16-21(33-28-23)17-32-20-6-7-22-19(15-20)5-4-10-26-22/h4-7,10,15-16H,1-3,8-9,11-14,17-18H2,(H,27,30). The minimum atomic E-state index is -0.208. The van der Waals surface area contributed by atoms with E-state index in [-0.39, 0.29) is 23.7 Å². The summed E-state index contributed by atoms with van der Waals surface area (Å²) >= 11 is 0. The fraction of sp³-hybridized carbons (Fsp3) is 0.480. The van der Waals surface area contributed by atoms with Crippen LogP contribution in [0.1, 0.15) is 48.4 Å². The lowest BCUT2D eigenvalue weighted by Crippen LogP contribution is -2.59. The van der Waals surface area contributed by atoms with Crippen LogP contribution in [0.3, 0.4) is 0 Å². The number of ether oxygens (including phenoxy) is 2. The summed E-state index contributed by atoms with van der Waals surface area (Å²) in [7, 11) is 0.